The van der Waals surface area contributed by atoms with Crippen LogP contribution in [0.1, 0.15) is 53.6 Å². The third kappa shape index (κ3) is 3.24. The molecule has 5 heteroatoms. The lowest BCUT2D eigenvalue weighted by atomic mass is 9.96. The molecule has 0 spiro atoms. The maximum Gasteiger partial charge on any atom is 0.225 e. The number of hydrogen-bond acceptors (Lipinski definition) is 4. The highest BCUT2D eigenvalue weighted by atomic mass is 32.1. The molecule has 1 saturated carbocycles. The van der Waals surface area contributed by atoms with Crippen LogP contribution in [0.2, 0.25) is 0 Å². The fourth-order valence-corrected chi connectivity index (χ4v) is 4.19. The minimum absolute atomic E-state index is 0.0553. The fourth-order valence-electron chi connectivity index (χ4n) is 3.32. The Bertz CT molecular complexity index is 608. The summed E-state index contributed by atoms with van der Waals surface area (Å²) in [6.07, 6.45) is 5.29. The van der Waals surface area contributed by atoms with Gasteiger partial charge in [0.2, 0.25) is 5.91 Å². The first-order valence-corrected chi connectivity index (χ1v) is 8.77. The summed E-state index contributed by atoms with van der Waals surface area (Å²) in [6, 6.07) is 4.34. The van der Waals surface area contributed by atoms with Gasteiger partial charge in [-0.2, -0.15) is 0 Å². The van der Waals surface area contributed by atoms with Crippen molar-refractivity contribution < 1.29 is 9.32 Å². The normalized spacial score (nSPS) is 16.8. The zero-order valence-corrected chi connectivity index (χ0v) is 13.9. The van der Waals surface area contributed by atoms with Crippen LogP contribution in [0, 0.1) is 19.8 Å². The molecular formula is C17H22N2O2S. The largest absolute Gasteiger partial charge is 0.361 e. The predicted molar refractivity (Wildman–Crippen MR) is 86.8 cm³/mol. The molecule has 1 amide bonds. The predicted octanol–water partition coefficient (Wildman–Crippen LogP) is 3.94. The Morgan fingerprint density at radius 2 is 2.23 bits per heavy atom. The van der Waals surface area contributed by atoms with Gasteiger partial charge in [0.15, 0.2) is 0 Å². The summed E-state index contributed by atoms with van der Waals surface area (Å²) in [4.78, 5) is 13.8. The highest BCUT2D eigenvalue weighted by molar-refractivity contribution is 7.10. The number of carbonyl (C=O) groups is 1. The van der Waals surface area contributed by atoms with Crippen molar-refractivity contribution in [2.45, 2.75) is 52.0 Å². The lowest BCUT2D eigenvalue weighted by Gasteiger charge is -2.23. The van der Waals surface area contributed by atoms with Crippen LogP contribution in [-0.4, -0.2) is 11.1 Å². The van der Waals surface area contributed by atoms with Crippen molar-refractivity contribution in [2.24, 2.45) is 5.92 Å². The minimum Gasteiger partial charge on any atom is -0.361 e. The van der Waals surface area contributed by atoms with Gasteiger partial charge in [-0.1, -0.05) is 24.1 Å². The molecule has 118 valence electrons. The number of aryl methyl sites for hydroxylation is 2. The number of aromatic nitrogens is 1. The Morgan fingerprint density at radius 1 is 1.45 bits per heavy atom. The van der Waals surface area contributed by atoms with Crippen LogP contribution >= 0.6 is 11.3 Å². The van der Waals surface area contributed by atoms with E-state index in [0.717, 1.165) is 17.0 Å². The Kier molecular flexibility index (Phi) is 4.62. The maximum absolute atomic E-state index is 12.5. The summed E-state index contributed by atoms with van der Waals surface area (Å²) in [6.45, 7) is 3.74. The zero-order valence-electron chi connectivity index (χ0n) is 13.1. The van der Waals surface area contributed by atoms with Crippen molar-refractivity contribution >= 4 is 17.2 Å². The molecule has 2 heterocycles. The average Bonchev–Trinajstić information content (AvgIpc) is 3.23. The number of amides is 1. The summed E-state index contributed by atoms with van der Waals surface area (Å²) in [7, 11) is 0. The van der Waals surface area contributed by atoms with Crippen LogP contribution in [0.4, 0.5) is 0 Å². The van der Waals surface area contributed by atoms with Gasteiger partial charge >= 0.3 is 0 Å². The molecular weight excluding hydrogens is 296 g/mol. The zero-order chi connectivity index (χ0) is 15.5. The average molecular weight is 318 g/mol. The topological polar surface area (TPSA) is 55.1 Å². The molecule has 4 nitrogen and oxygen atoms in total. The quantitative estimate of drug-likeness (QED) is 0.908. The van der Waals surface area contributed by atoms with E-state index in [9.17, 15) is 4.79 Å². The van der Waals surface area contributed by atoms with Gasteiger partial charge in [-0.05, 0) is 44.1 Å². The second-order valence-corrected chi connectivity index (χ2v) is 7.06. The number of nitrogens with zero attached hydrogens (tertiary/aromatic N) is 1. The van der Waals surface area contributed by atoms with Gasteiger partial charge in [0.05, 0.1) is 18.2 Å². The lowest BCUT2D eigenvalue weighted by Crippen LogP contribution is -2.33. The molecule has 0 aromatic carbocycles. The molecule has 2 aromatic rings. The smallest absolute Gasteiger partial charge is 0.225 e. The van der Waals surface area contributed by atoms with E-state index in [1.54, 1.807) is 11.3 Å². The van der Waals surface area contributed by atoms with Crippen LogP contribution in [0.15, 0.2) is 22.0 Å². The summed E-state index contributed by atoms with van der Waals surface area (Å²) in [5.41, 5.74) is 1.72. The molecule has 1 N–H and O–H groups in total. The van der Waals surface area contributed by atoms with Crippen LogP contribution < -0.4 is 5.32 Å². The van der Waals surface area contributed by atoms with E-state index >= 15 is 0 Å². The van der Waals surface area contributed by atoms with Gasteiger partial charge in [0, 0.05) is 10.4 Å². The number of nitrogens with one attached hydrogen (secondary N) is 1. The van der Waals surface area contributed by atoms with Gasteiger partial charge in [-0.25, -0.2) is 0 Å². The first-order valence-electron chi connectivity index (χ1n) is 7.89. The minimum atomic E-state index is 0.0553. The molecule has 1 aliphatic carbocycles. The first kappa shape index (κ1) is 15.3. The Balaban J connectivity index is 1.71. The molecule has 2 aromatic heterocycles. The van der Waals surface area contributed by atoms with E-state index in [2.05, 4.69) is 28.0 Å². The second-order valence-electron chi connectivity index (χ2n) is 6.08. The SMILES string of the molecule is Cc1noc(C)c1CC(=O)NC(c1cccs1)C1CCCC1. The first-order chi connectivity index (χ1) is 10.6. The van der Waals surface area contributed by atoms with Gasteiger partial charge in [-0.3, -0.25) is 4.79 Å². The van der Waals surface area contributed by atoms with Crippen molar-refractivity contribution in [3.63, 3.8) is 0 Å². The van der Waals surface area contributed by atoms with E-state index < -0.39 is 0 Å². The second kappa shape index (κ2) is 6.65. The van der Waals surface area contributed by atoms with Crippen LogP contribution in [0.25, 0.3) is 0 Å². The van der Waals surface area contributed by atoms with Gasteiger partial charge < -0.3 is 9.84 Å². The van der Waals surface area contributed by atoms with E-state index in [-0.39, 0.29) is 11.9 Å². The molecule has 0 bridgehead atoms. The summed E-state index contributed by atoms with van der Waals surface area (Å²) < 4.78 is 5.15. The van der Waals surface area contributed by atoms with Crippen molar-refractivity contribution in [1.29, 1.82) is 0 Å². The van der Waals surface area contributed by atoms with Gasteiger partial charge in [-0.15, -0.1) is 11.3 Å². The highest BCUT2D eigenvalue weighted by Crippen LogP contribution is 2.37. The molecule has 22 heavy (non-hydrogen) atoms. The van der Waals surface area contributed by atoms with E-state index in [0.29, 0.717) is 12.3 Å². The van der Waals surface area contributed by atoms with Crippen LogP contribution in [0.5, 0.6) is 0 Å². The summed E-state index contributed by atoms with van der Waals surface area (Å²) in [5, 5.41) is 9.26. The number of carbonyl (C=O) groups excluding carboxylic acids is 1. The van der Waals surface area contributed by atoms with E-state index in [1.165, 1.54) is 30.6 Å². The van der Waals surface area contributed by atoms with Gasteiger partial charge in [0.1, 0.15) is 5.76 Å². The fraction of sp³-hybridized carbons (Fsp3) is 0.529. The molecule has 1 unspecified atom stereocenters. The van der Waals surface area contributed by atoms with Crippen molar-refractivity contribution in [3.05, 3.63) is 39.4 Å². The molecule has 1 aliphatic rings. The monoisotopic (exact) mass is 318 g/mol. The van der Waals surface area contributed by atoms with Crippen LogP contribution in [-0.2, 0) is 11.2 Å². The third-order valence-corrected chi connectivity index (χ3v) is 5.51. The van der Waals surface area contributed by atoms with Gasteiger partial charge in [0.25, 0.3) is 0 Å². The maximum atomic E-state index is 12.5. The molecule has 1 fully saturated rings. The molecule has 0 radical (unpaired) electrons. The molecule has 0 saturated heterocycles. The number of hydrogen-bond donors (Lipinski definition) is 1. The molecule has 0 aliphatic heterocycles. The Labute approximate surface area is 134 Å². The summed E-state index contributed by atoms with van der Waals surface area (Å²) >= 11 is 1.73. The molecule has 1 atom stereocenters. The molecule has 3 rings (SSSR count). The highest BCUT2D eigenvalue weighted by Gasteiger charge is 2.28. The standard InChI is InChI=1S/C17H22N2O2S/c1-11-14(12(2)21-19-11)10-16(20)18-17(13-6-3-4-7-13)15-8-5-9-22-15/h5,8-9,13,17H,3-4,6-7,10H2,1-2H3,(H,18,20). The van der Waals surface area contributed by atoms with E-state index in [4.69, 9.17) is 4.52 Å². The lowest BCUT2D eigenvalue weighted by molar-refractivity contribution is -0.121. The van der Waals surface area contributed by atoms with E-state index in [1.807, 2.05) is 13.8 Å². The van der Waals surface area contributed by atoms with Crippen LogP contribution in [0.3, 0.4) is 0 Å². The summed E-state index contributed by atoms with van der Waals surface area (Å²) in [5.74, 6) is 1.35. The number of thiophene rings is 1. The Morgan fingerprint density at radius 3 is 2.82 bits per heavy atom. The van der Waals surface area contributed by atoms with Crippen molar-refractivity contribution in [2.75, 3.05) is 0 Å². The van der Waals surface area contributed by atoms with Crippen molar-refractivity contribution in [3.8, 4) is 0 Å². The number of rotatable bonds is 5. The Hall–Kier alpha value is -1.62. The van der Waals surface area contributed by atoms with Crippen molar-refractivity contribution in [1.82, 2.24) is 10.5 Å². The third-order valence-electron chi connectivity index (χ3n) is 4.56.